The maximum absolute atomic E-state index is 13.1. The van der Waals surface area contributed by atoms with E-state index in [0.717, 1.165) is 5.69 Å². The Balaban J connectivity index is 1.89. The van der Waals surface area contributed by atoms with Crippen molar-refractivity contribution in [2.45, 2.75) is 5.72 Å². The van der Waals surface area contributed by atoms with Crippen molar-refractivity contribution in [2.24, 2.45) is 4.99 Å². The first kappa shape index (κ1) is 18.2. The first-order chi connectivity index (χ1) is 12.3. The highest BCUT2D eigenvalue weighted by molar-refractivity contribution is 6.30. The van der Waals surface area contributed by atoms with Gasteiger partial charge in [0.25, 0.3) is 5.72 Å². The molecule has 0 bridgehead atoms. The maximum Gasteiger partial charge on any atom is 0.361 e. The molecule has 0 saturated carbocycles. The highest BCUT2D eigenvalue weighted by Crippen LogP contribution is 2.27. The van der Waals surface area contributed by atoms with Crippen LogP contribution in [0.5, 0.6) is 0 Å². The summed E-state index contributed by atoms with van der Waals surface area (Å²) in [6.45, 7) is 0.0143. The molecule has 3 rings (SSSR count). The van der Waals surface area contributed by atoms with Crippen LogP contribution in [-0.4, -0.2) is 47.9 Å². The van der Waals surface area contributed by atoms with Gasteiger partial charge >= 0.3 is 5.97 Å². The zero-order valence-corrected chi connectivity index (χ0v) is 14.7. The lowest BCUT2D eigenvalue weighted by atomic mass is 10.2. The van der Waals surface area contributed by atoms with Crippen molar-refractivity contribution >= 4 is 34.8 Å². The molecule has 1 aliphatic rings. The zero-order chi connectivity index (χ0) is 18.9. The summed E-state index contributed by atoms with van der Waals surface area (Å²) in [5, 5.41) is 20.2. The number of carboxylic acid groups (broad SMARTS) is 1. The molecule has 0 saturated heterocycles. The number of aliphatic hydroxyl groups is 1. The summed E-state index contributed by atoms with van der Waals surface area (Å²) in [6, 6.07) is 12.7. The second-order valence-electron chi connectivity index (χ2n) is 6.04. The molecule has 1 aliphatic heterocycles. The molecule has 6 nitrogen and oxygen atoms in total. The summed E-state index contributed by atoms with van der Waals surface area (Å²) in [7, 11) is 1.77. The number of β-amino-alcohol motifs (C(OH)–C–C–N with tert-alkyl or cyclic N) is 1. The van der Waals surface area contributed by atoms with Crippen molar-refractivity contribution in [3.8, 4) is 0 Å². The van der Waals surface area contributed by atoms with Crippen LogP contribution in [0.25, 0.3) is 0 Å². The normalized spacial score (nSPS) is 19.4. The molecule has 0 spiro atoms. The van der Waals surface area contributed by atoms with E-state index in [2.05, 4.69) is 4.99 Å². The SMILES string of the molecule is CN(CC1=NC(O)(C(=O)O)CN1c1ccc(Cl)cc1)c1ccc(F)cc1. The number of benzene rings is 2. The third-order valence-electron chi connectivity index (χ3n) is 4.13. The van der Waals surface area contributed by atoms with Gasteiger partial charge in [-0.1, -0.05) is 11.6 Å². The van der Waals surface area contributed by atoms with Gasteiger partial charge in [-0.25, -0.2) is 14.2 Å². The molecule has 1 heterocycles. The highest BCUT2D eigenvalue weighted by Gasteiger charge is 2.45. The fraction of sp³-hybridized carbons (Fsp3) is 0.222. The monoisotopic (exact) mass is 377 g/mol. The number of hydrogen-bond acceptors (Lipinski definition) is 5. The van der Waals surface area contributed by atoms with E-state index in [9.17, 15) is 19.4 Å². The molecule has 8 heteroatoms. The highest BCUT2D eigenvalue weighted by atomic mass is 35.5. The van der Waals surface area contributed by atoms with Gasteiger partial charge in [0, 0.05) is 23.4 Å². The van der Waals surface area contributed by atoms with Crippen LogP contribution < -0.4 is 9.80 Å². The number of carbonyl (C=O) groups is 1. The number of nitrogens with zero attached hydrogens (tertiary/aromatic N) is 3. The summed E-state index contributed by atoms with van der Waals surface area (Å²) in [6.07, 6.45) is 0. The molecule has 0 radical (unpaired) electrons. The molecule has 1 atom stereocenters. The van der Waals surface area contributed by atoms with Gasteiger partial charge in [0.05, 0.1) is 13.1 Å². The number of carboxylic acids is 1. The molecular formula is C18H17ClFN3O3. The second-order valence-corrected chi connectivity index (χ2v) is 6.48. The average Bonchev–Trinajstić information content (AvgIpc) is 2.94. The summed E-state index contributed by atoms with van der Waals surface area (Å²) in [4.78, 5) is 18.9. The maximum atomic E-state index is 13.1. The number of rotatable bonds is 5. The van der Waals surface area contributed by atoms with Gasteiger partial charge in [-0.05, 0) is 48.5 Å². The smallest absolute Gasteiger partial charge is 0.361 e. The van der Waals surface area contributed by atoms with Gasteiger partial charge in [0.15, 0.2) is 0 Å². The zero-order valence-electron chi connectivity index (χ0n) is 13.9. The minimum absolute atomic E-state index is 0.212. The van der Waals surface area contributed by atoms with Crippen LogP contribution in [0.3, 0.4) is 0 Å². The van der Waals surface area contributed by atoms with E-state index in [-0.39, 0.29) is 18.9 Å². The Morgan fingerprint density at radius 1 is 1.27 bits per heavy atom. The van der Waals surface area contributed by atoms with Crippen molar-refractivity contribution in [1.82, 2.24) is 0 Å². The number of anilines is 2. The first-order valence-corrected chi connectivity index (χ1v) is 8.20. The van der Waals surface area contributed by atoms with E-state index in [4.69, 9.17) is 11.6 Å². The van der Waals surface area contributed by atoms with Crippen molar-refractivity contribution in [1.29, 1.82) is 0 Å². The van der Waals surface area contributed by atoms with Gasteiger partial charge < -0.3 is 20.0 Å². The van der Waals surface area contributed by atoms with Crippen LogP contribution in [-0.2, 0) is 4.79 Å². The van der Waals surface area contributed by atoms with Gasteiger partial charge in [-0.3, -0.25) is 0 Å². The number of halogens is 2. The quantitative estimate of drug-likeness (QED) is 0.837. The third kappa shape index (κ3) is 3.63. The van der Waals surface area contributed by atoms with E-state index in [0.29, 0.717) is 16.5 Å². The molecule has 0 aliphatic carbocycles. The molecule has 2 aromatic rings. The predicted molar refractivity (Wildman–Crippen MR) is 98.5 cm³/mol. The lowest BCUT2D eigenvalue weighted by molar-refractivity contribution is -0.155. The minimum Gasteiger partial charge on any atom is -0.478 e. The number of amidine groups is 1. The van der Waals surface area contributed by atoms with E-state index in [1.54, 1.807) is 53.2 Å². The first-order valence-electron chi connectivity index (χ1n) is 7.83. The molecule has 0 fully saturated rings. The molecule has 0 aromatic heterocycles. The van der Waals surface area contributed by atoms with Crippen molar-refractivity contribution in [3.05, 3.63) is 59.4 Å². The summed E-state index contributed by atoms with van der Waals surface area (Å²) in [5.74, 6) is -1.39. The van der Waals surface area contributed by atoms with Crippen molar-refractivity contribution < 1.29 is 19.4 Å². The fourth-order valence-electron chi connectivity index (χ4n) is 2.72. The van der Waals surface area contributed by atoms with Gasteiger partial charge in [0.2, 0.25) is 0 Å². The van der Waals surface area contributed by atoms with Crippen LogP contribution in [0.1, 0.15) is 0 Å². The van der Waals surface area contributed by atoms with Crippen LogP contribution in [0.15, 0.2) is 53.5 Å². The number of aliphatic carboxylic acids is 1. The Kier molecular flexibility index (Phi) is 4.84. The van der Waals surface area contributed by atoms with Gasteiger partial charge in [-0.2, -0.15) is 0 Å². The third-order valence-corrected chi connectivity index (χ3v) is 4.38. The Hall–Kier alpha value is -2.64. The lowest BCUT2D eigenvalue weighted by Crippen LogP contribution is -2.43. The van der Waals surface area contributed by atoms with Crippen LogP contribution in [0, 0.1) is 5.82 Å². The lowest BCUT2D eigenvalue weighted by Gasteiger charge is -2.26. The Morgan fingerprint density at radius 2 is 1.88 bits per heavy atom. The van der Waals surface area contributed by atoms with E-state index in [1.807, 2.05) is 0 Å². The Bertz CT molecular complexity index is 842. The molecule has 1 unspecified atom stereocenters. The molecule has 2 aromatic carbocycles. The van der Waals surface area contributed by atoms with Crippen LogP contribution in [0.4, 0.5) is 15.8 Å². The molecular weight excluding hydrogens is 361 g/mol. The molecule has 26 heavy (non-hydrogen) atoms. The van der Waals surface area contributed by atoms with Gasteiger partial charge in [0.1, 0.15) is 11.7 Å². The molecule has 0 amide bonds. The van der Waals surface area contributed by atoms with E-state index in [1.165, 1.54) is 12.1 Å². The average molecular weight is 378 g/mol. The minimum atomic E-state index is -2.22. The van der Waals surface area contributed by atoms with Crippen molar-refractivity contribution in [2.75, 3.05) is 29.9 Å². The summed E-state index contributed by atoms with van der Waals surface area (Å²) >= 11 is 5.91. The second kappa shape index (κ2) is 6.93. The molecule has 2 N–H and O–H groups in total. The fourth-order valence-corrected chi connectivity index (χ4v) is 2.84. The van der Waals surface area contributed by atoms with E-state index >= 15 is 0 Å². The summed E-state index contributed by atoms with van der Waals surface area (Å²) in [5.41, 5.74) is -0.827. The standard InChI is InChI=1S/C18H17ClFN3O3/c1-22(14-8-4-13(20)5-9-14)10-16-21-18(26,17(24)25)11-23(16)15-6-2-12(19)3-7-15/h2-9,26H,10-11H2,1H3,(H,24,25). The Morgan fingerprint density at radius 3 is 2.46 bits per heavy atom. The largest absolute Gasteiger partial charge is 0.478 e. The molecule has 136 valence electrons. The Labute approximate surface area is 154 Å². The van der Waals surface area contributed by atoms with E-state index < -0.39 is 11.7 Å². The number of aliphatic imine (C=N–C) groups is 1. The topological polar surface area (TPSA) is 76.4 Å². The van der Waals surface area contributed by atoms with Gasteiger partial charge in [-0.15, -0.1) is 0 Å². The van der Waals surface area contributed by atoms with Crippen LogP contribution >= 0.6 is 11.6 Å². The summed E-state index contributed by atoms with van der Waals surface area (Å²) < 4.78 is 13.1. The predicted octanol–water partition coefficient (Wildman–Crippen LogP) is 2.61. The number of likely N-dealkylation sites (N-methyl/N-ethyl adjacent to an activating group) is 1. The van der Waals surface area contributed by atoms with Crippen LogP contribution in [0.2, 0.25) is 5.02 Å². The number of hydrogen-bond donors (Lipinski definition) is 2. The van der Waals surface area contributed by atoms with Crippen molar-refractivity contribution in [3.63, 3.8) is 0 Å².